The number of aryl methyl sites for hydroxylation is 1. The van der Waals surface area contributed by atoms with Crippen LogP contribution in [0.25, 0.3) is 10.8 Å². The van der Waals surface area contributed by atoms with Crippen molar-refractivity contribution in [3.8, 4) is 5.75 Å². The second-order valence-corrected chi connectivity index (χ2v) is 9.10. The molecule has 4 nitrogen and oxygen atoms in total. The van der Waals surface area contributed by atoms with E-state index in [1.54, 1.807) is 0 Å². The Kier molecular flexibility index (Phi) is 5.77. The first-order valence-corrected chi connectivity index (χ1v) is 11.8. The highest BCUT2D eigenvalue weighted by molar-refractivity contribution is 6.03. The molecule has 3 aromatic carbocycles. The summed E-state index contributed by atoms with van der Waals surface area (Å²) in [6.07, 6.45) is 4.14. The molecule has 0 bridgehead atoms. The number of ether oxygens (including phenoxy) is 2. The average molecular weight is 430 g/mol. The SMILES string of the molecule is CCCCOC(=O)N1CC(C2CC2)c2c1cc(OCc1ccccc1)c1cccc(C)c21. The number of anilines is 1. The Morgan fingerprint density at radius 3 is 2.66 bits per heavy atom. The number of nitrogens with zero attached hydrogens (tertiary/aromatic N) is 1. The van der Waals surface area contributed by atoms with E-state index in [2.05, 4.69) is 50.2 Å². The zero-order valence-corrected chi connectivity index (χ0v) is 19.0. The molecule has 0 aromatic heterocycles. The lowest BCUT2D eigenvalue weighted by Gasteiger charge is -2.20. The van der Waals surface area contributed by atoms with E-state index in [0.29, 0.717) is 31.6 Å². The van der Waals surface area contributed by atoms with Crippen LogP contribution < -0.4 is 9.64 Å². The predicted octanol–water partition coefficient (Wildman–Crippen LogP) is 6.98. The number of unbranched alkanes of at least 4 members (excludes halogenated alkanes) is 1. The minimum atomic E-state index is -0.232. The van der Waals surface area contributed by atoms with Crippen LogP contribution in [0.2, 0.25) is 0 Å². The maximum Gasteiger partial charge on any atom is 0.414 e. The van der Waals surface area contributed by atoms with Crippen LogP contribution in [-0.4, -0.2) is 19.2 Å². The van der Waals surface area contributed by atoms with Gasteiger partial charge in [-0.15, -0.1) is 0 Å². The number of rotatable bonds is 7. The normalized spacial score (nSPS) is 17.4. The third kappa shape index (κ3) is 3.94. The molecule has 1 atom stereocenters. The van der Waals surface area contributed by atoms with Crippen molar-refractivity contribution < 1.29 is 14.3 Å². The molecule has 1 saturated carbocycles. The lowest BCUT2D eigenvalue weighted by Crippen LogP contribution is -2.31. The van der Waals surface area contributed by atoms with Gasteiger partial charge in [0.15, 0.2) is 0 Å². The van der Waals surface area contributed by atoms with Crippen LogP contribution in [0, 0.1) is 12.8 Å². The Morgan fingerprint density at radius 1 is 1.09 bits per heavy atom. The molecule has 1 heterocycles. The zero-order chi connectivity index (χ0) is 22.1. The smallest absolute Gasteiger partial charge is 0.414 e. The Bertz CT molecular complexity index is 1120. The molecule has 1 unspecified atom stereocenters. The summed E-state index contributed by atoms with van der Waals surface area (Å²) in [4.78, 5) is 14.9. The molecule has 1 aliphatic carbocycles. The van der Waals surface area contributed by atoms with Crippen molar-refractivity contribution in [2.45, 2.75) is 52.1 Å². The van der Waals surface area contributed by atoms with Crippen LogP contribution in [-0.2, 0) is 11.3 Å². The van der Waals surface area contributed by atoms with Gasteiger partial charge in [-0.3, -0.25) is 4.90 Å². The molecule has 0 spiro atoms. The van der Waals surface area contributed by atoms with E-state index in [-0.39, 0.29) is 6.09 Å². The van der Waals surface area contributed by atoms with Gasteiger partial charge in [-0.1, -0.05) is 61.9 Å². The molecule has 0 saturated heterocycles. The minimum absolute atomic E-state index is 0.232. The largest absolute Gasteiger partial charge is 0.488 e. The first-order valence-electron chi connectivity index (χ1n) is 11.8. The van der Waals surface area contributed by atoms with E-state index in [9.17, 15) is 4.79 Å². The molecule has 166 valence electrons. The molecular formula is C28H31NO3. The summed E-state index contributed by atoms with van der Waals surface area (Å²) in [5.41, 5.74) is 4.63. The van der Waals surface area contributed by atoms with Gasteiger partial charge in [0.05, 0.1) is 12.3 Å². The highest BCUT2D eigenvalue weighted by Crippen LogP contribution is 2.54. The molecule has 2 aliphatic rings. The summed E-state index contributed by atoms with van der Waals surface area (Å²) < 4.78 is 12.0. The monoisotopic (exact) mass is 429 g/mol. The molecule has 5 rings (SSSR count). The highest BCUT2D eigenvalue weighted by atomic mass is 16.6. The number of carbonyl (C=O) groups is 1. The van der Waals surface area contributed by atoms with Crippen LogP contribution in [0.3, 0.4) is 0 Å². The predicted molar refractivity (Wildman–Crippen MR) is 129 cm³/mol. The van der Waals surface area contributed by atoms with Crippen molar-refractivity contribution in [2.75, 3.05) is 18.1 Å². The Labute approximate surface area is 190 Å². The Morgan fingerprint density at radius 2 is 1.91 bits per heavy atom. The second kappa shape index (κ2) is 8.85. The highest BCUT2D eigenvalue weighted by Gasteiger charge is 2.43. The summed E-state index contributed by atoms with van der Waals surface area (Å²) in [6.45, 7) is 5.94. The van der Waals surface area contributed by atoms with Gasteiger partial charge in [0, 0.05) is 23.9 Å². The van der Waals surface area contributed by atoms with E-state index in [0.717, 1.165) is 35.2 Å². The van der Waals surface area contributed by atoms with Crippen LogP contribution in [0.1, 0.15) is 55.2 Å². The fourth-order valence-electron chi connectivity index (χ4n) is 4.92. The van der Waals surface area contributed by atoms with Gasteiger partial charge >= 0.3 is 6.09 Å². The molecule has 3 aromatic rings. The molecule has 1 amide bonds. The number of benzene rings is 3. The van der Waals surface area contributed by atoms with E-state index in [1.165, 1.54) is 29.4 Å². The van der Waals surface area contributed by atoms with Gasteiger partial charge in [0.25, 0.3) is 0 Å². The fourth-order valence-corrected chi connectivity index (χ4v) is 4.92. The Hall–Kier alpha value is -3.01. The first-order chi connectivity index (χ1) is 15.7. The number of hydrogen-bond donors (Lipinski definition) is 0. The topological polar surface area (TPSA) is 38.8 Å². The van der Waals surface area contributed by atoms with Gasteiger partial charge in [-0.05, 0) is 54.2 Å². The van der Waals surface area contributed by atoms with E-state index < -0.39 is 0 Å². The molecule has 1 aliphatic heterocycles. The van der Waals surface area contributed by atoms with Gasteiger partial charge in [0.1, 0.15) is 12.4 Å². The zero-order valence-electron chi connectivity index (χ0n) is 19.0. The summed E-state index contributed by atoms with van der Waals surface area (Å²) in [6, 6.07) is 18.7. The molecule has 0 radical (unpaired) electrons. The molecular weight excluding hydrogens is 398 g/mol. The summed E-state index contributed by atoms with van der Waals surface area (Å²) in [5, 5.41) is 2.38. The van der Waals surface area contributed by atoms with E-state index in [4.69, 9.17) is 9.47 Å². The molecule has 32 heavy (non-hydrogen) atoms. The third-order valence-electron chi connectivity index (χ3n) is 6.76. The summed E-state index contributed by atoms with van der Waals surface area (Å²) in [7, 11) is 0. The van der Waals surface area contributed by atoms with Gasteiger partial charge in [-0.2, -0.15) is 0 Å². The van der Waals surface area contributed by atoms with Crippen LogP contribution in [0.5, 0.6) is 5.75 Å². The van der Waals surface area contributed by atoms with Crippen LogP contribution in [0.15, 0.2) is 54.6 Å². The molecule has 0 N–H and O–H groups in total. The minimum Gasteiger partial charge on any atom is -0.488 e. The van der Waals surface area contributed by atoms with Gasteiger partial charge < -0.3 is 9.47 Å². The lowest BCUT2D eigenvalue weighted by atomic mass is 9.89. The quantitative estimate of drug-likeness (QED) is 0.380. The van der Waals surface area contributed by atoms with Crippen molar-refractivity contribution in [1.29, 1.82) is 0 Å². The van der Waals surface area contributed by atoms with E-state index in [1.807, 2.05) is 23.1 Å². The standard InChI is InChI=1S/C28H31NO3/c1-3-4-15-31-28(30)29-17-23(21-13-14-21)27-24(29)16-25(22-12-8-9-19(2)26(22)27)32-18-20-10-6-5-7-11-20/h5-12,16,21,23H,3-4,13-15,17-18H2,1-2H3. The van der Waals surface area contributed by atoms with Crippen molar-refractivity contribution in [2.24, 2.45) is 5.92 Å². The van der Waals surface area contributed by atoms with Crippen LogP contribution in [0.4, 0.5) is 10.5 Å². The maximum absolute atomic E-state index is 13.0. The lowest BCUT2D eigenvalue weighted by molar-refractivity contribution is 0.152. The molecule has 4 heteroatoms. The van der Waals surface area contributed by atoms with Gasteiger partial charge in [0.2, 0.25) is 0 Å². The van der Waals surface area contributed by atoms with Crippen LogP contribution >= 0.6 is 0 Å². The van der Waals surface area contributed by atoms with Gasteiger partial charge in [-0.25, -0.2) is 4.79 Å². The number of hydrogen-bond acceptors (Lipinski definition) is 3. The first kappa shape index (κ1) is 20.9. The van der Waals surface area contributed by atoms with E-state index >= 15 is 0 Å². The number of carbonyl (C=O) groups excluding carboxylic acids is 1. The Balaban J connectivity index is 1.57. The summed E-state index contributed by atoms with van der Waals surface area (Å²) >= 11 is 0. The number of fused-ring (bicyclic) bond motifs is 3. The van der Waals surface area contributed by atoms with Crippen molar-refractivity contribution in [3.05, 3.63) is 71.3 Å². The van der Waals surface area contributed by atoms with Crippen molar-refractivity contribution in [1.82, 2.24) is 0 Å². The van der Waals surface area contributed by atoms with Crippen molar-refractivity contribution >= 4 is 22.6 Å². The average Bonchev–Trinajstić information content (AvgIpc) is 3.58. The second-order valence-electron chi connectivity index (χ2n) is 9.10. The molecule has 1 fully saturated rings. The number of amides is 1. The maximum atomic E-state index is 13.0. The third-order valence-corrected chi connectivity index (χ3v) is 6.76. The van der Waals surface area contributed by atoms with Crippen molar-refractivity contribution in [3.63, 3.8) is 0 Å². The fraction of sp³-hybridized carbons (Fsp3) is 0.393. The summed E-state index contributed by atoms with van der Waals surface area (Å²) in [5.74, 6) is 1.85.